The first-order valence-electron chi connectivity index (χ1n) is 10.8. The highest BCUT2D eigenvalue weighted by atomic mass is 19.1. The fourth-order valence-corrected chi connectivity index (χ4v) is 2.96. The molecule has 1 N–H and O–H groups in total. The fourth-order valence-electron chi connectivity index (χ4n) is 2.96. The molecular formula is C29H23FO6. The molecule has 0 aliphatic heterocycles. The smallest absolute Gasteiger partial charge is 0.341 e. The van der Waals surface area contributed by atoms with Gasteiger partial charge >= 0.3 is 11.9 Å². The summed E-state index contributed by atoms with van der Waals surface area (Å²) in [7, 11) is 0. The van der Waals surface area contributed by atoms with E-state index in [2.05, 4.69) is 13.2 Å². The first kappa shape index (κ1) is 26.0. The number of hydrogen-bond donors (Lipinski definition) is 1. The zero-order valence-corrected chi connectivity index (χ0v) is 19.5. The van der Waals surface area contributed by atoms with E-state index in [0.29, 0.717) is 22.4 Å². The van der Waals surface area contributed by atoms with Gasteiger partial charge in [-0.3, -0.25) is 4.79 Å². The minimum atomic E-state index is -0.845. The van der Waals surface area contributed by atoms with Crippen LogP contribution in [-0.2, 0) is 9.59 Å². The number of benzene rings is 3. The van der Waals surface area contributed by atoms with Crippen LogP contribution in [-0.4, -0.2) is 29.4 Å². The van der Waals surface area contributed by atoms with Gasteiger partial charge in [0.1, 0.15) is 17.3 Å². The SMILES string of the molecule is C=C(C)C(=O)Oc1ccc(/C=C/C(=O)c2ccc(-c3ccc(OC(=O)C(=C)CO)cc3F)cc2)cc1. The van der Waals surface area contributed by atoms with Crippen LogP contribution >= 0.6 is 0 Å². The molecule has 3 aromatic carbocycles. The van der Waals surface area contributed by atoms with Crippen LogP contribution in [0.5, 0.6) is 11.5 Å². The first-order chi connectivity index (χ1) is 17.2. The maximum absolute atomic E-state index is 14.6. The van der Waals surface area contributed by atoms with Crippen molar-refractivity contribution in [2.45, 2.75) is 6.92 Å². The normalized spacial score (nSPS) is 10.6. The highest BCUT2D eigenvalue weighted by Crippen LogP contribution is 2.27. The molecule has 7 heteroatoms. The summed E-state index contributed by atoms with van der Waals surface area (Å²) in [6.45, 7) is 7.89. The molecule has 0 saturated heterocycles. The molecule has 3 aromatic rings. The third kappa shape index (κ3) is 6.71. The Labute approximate surface area is 207 Å². The predicted molar refractivity (Wildman–Crippen MR) is 134 cm³/mol. The number of esters is 2. The van der Waals surface area contributed by atoms with E-state index in [-0.39, 0.29) is 22.7 Å². The molecule has 0 spiro atoms. The van der Waals surface area contributed by atoms with Crippen molar-refractivity contribution >= 4 is 23.8 Å². The van der Waals surface area contributed by atoms with Gasteiger partial charge in [-0.2, -0.15) is 0 Å². The Morgan fingerprint density at radius 3 is 2.08 bits per heavy atom. The lowest BCUT2D eigenvalue weighted by Crippen LogP contribution is -2.13. The summed E-state index contributed by atoms with van der Waals surface area (Å²) in [5, 5.41) is 8.91. The number of halogens is 1. The Morgan fingerprint density at radius 1 is 0.889 bits per heavy atom. The average Bonchev–Trinajstić information content (AvgIpc) is 2.87. The van der Waals surface area contributed by atoms with Gasteiger partial charge in [0.05, 0.1) is 12.2 Å². The van der Waals surface area contributed by atoms with Crippen molar-refractivity contribution in [1.82, 2.24) is 0 Å². The maximum atomic E-state index is 14.6. The lowest BCUT2D eigenvalue weighted by molar-refractivity contribution is -0.131. The molecule has 0 heterocycles. The second-order valence-corrected chi connectivity index (χ2v) is 7.81. The van der Waals surface area contributed by atoms with Crippen molar-refractivity contribution in [2.75, 3.05) is 6.61 Å². The van der Waals surface area contributed by atoms with Crippen LogP contribution in [0, 0.1) is 5.82 Å². The van der Waals surface area contributed by atoms with Gasteiger partial charge in [-0.05, 0) is 48.4 Å². The molecule has 36 heavy (non-hydrogen) atoms. The summed E-state index contributed by atoms with van der Waals surface area (Å²) in [6.07, 6.45) is 3.04. The highest BCUT2D eigenvalue weighted by molar-refractivity contribution is 6.07. The minimum Gasteiger partial charge on any atom is -0.423 e. The van der Waals surface area contributed by atoms with Crippen molar-refractivity contribution in [3.63, 3.8) is 0 Å². The summed E-state index contributed by atoms with van der Waals surface area (Å²) in [5.41, 5.74) is 2.09. The number of carbonyl (C=O) groups is 3. The molecule has 182 valence electrons. The van der Waals surface area contributed by atoms with E-state index in [1.54, 1.807) is 61.5 Å². The van der Waals surface area contributed by atoms with Crippen molar-refractivity contribution in [2.24, 2.45) is 0 Å². The molecule has 0 aliphatic rings. The predicted octanol–water partition coefficient (Wildman–Crippen LogP) is 5.32. The second-order valence-electron chi connectivity index (χ2n) is 7.81. The average molecular weight is 486 g/mol. The van der Waals surface area contributed by atoms with E-state index in [1.807, 2.05) is 0 Å². The number of rotatable bonds is 9. The molecule has 3 rings (SSSR count). The van der Waals surface area contributed by atoms with Gasteiger partial charge in [0.25, 0.3) is 0 Å². The first-order valence-corrected chi connectivity index (χ1v) is 10.8. The number of allylic oxidation sites excluding steroid dienone is 1. The zero-order valence-electron chi connectivity index (χ0n) is 19.5. The number of carbonyl (C=O) groups excluding carboxylic acids is 3. The van der Waals surface area contributed by atoms with Crippen molar-refractivity contribution in [3.8, 4) is 22.6 Å². The van der Waals surface area contributed by atoms with Gasteiger partial charge < -0.3 is 14.6 Å². The standard InChI is InChI=1S/C29H23FO6/c1-18(2)28(33)35-23-11-4-20(5-12-23)6-15-27(32)22-9-7-21(8-10-22)25-14-13-24(16-26(25)30)36-29(34)19(3)17-31/h4-16,31H,1,3,17H2,2H3/b15-6+. The molecule has 0 amide bonds. The summed E-state index contributed by atoms with van der Waals surface area (Å²) < 4.78 is 24.7. The minimum absolute atomic E-state index is 0.0187. The summed E-state index contributed by atoms with van der Waals surface area (Å²) in [4.78, 5) is 35.8. The van der Waals surface area contributed by atoms with E-state index in [4.69, 9.17) is 14.6 Å². The number of aliphatic hydroxyl groups is 1. The van der Waals surface area contributed by atoms with Crippen molar-refractivity contribution < 1.29 is 33.4 Å². The van der Waals surface area contributed by atoms with Crippen LogP contribution in [0.15, 0.2) is 97.1 Å². The van der Waals surface area contributed by atoms with E-state index in [9.17, 15) is 18.8 Å². The molecule has 0 fully saturated rings. The molecule has 0 radical (unpaired) electrons. The Morgan fingerprint density at radius 2 is 1.50 bits per heavy atom. The maximum Gasteiger partial charge on any atom is 0.341 e. The monoisotopic (exact) mass is 486 g/mol. The lowest BCUT2D eigenvalue weighted by atomic mass is 10.0. The van der Waals surface area contributed by atoms with E-state index in [1.165, 1.54) is 18.2 Å². The van der Waals surface area contributed by atoms with Crippen LogP contribution < -0.4 is 9.47 Å². The molecule has 0 saturated carbocycles. The van der Waals surface area contributed by atoms with Crippen molar-refractivity contribution in [3.05, 3.63) is 114 Å². The molecule has 0 aromatic heterocycles. The Balaban J connectivity index is 1.65. The van der Waals surface area contributed by atoms with Crippen LogP contribution in [0.2, 0.25) is 0 Å². The summed E-state index contributed by atoms with van der Waals surface area (Å²) >= 11 is 0. The number of hydrogen-bond acceptors (Lipinski definition) is 6. The van der Waals surface area contributed by atoms with E-state index in [0.717, 1.165) is 11.6 Å². The zero-order chi connectivity index (χ0) is 26.2. The Hall–Kier alpha value is -4.62. The third-order valence-electron chi connectivity index (χ3n) is 4.98. The fraction of sp³-hybridized carbons (Fsp3) is 0.0690. The summed E-state index contributed by atoms with van der Waals surface area (Å²) in [5.74, 6) is -1.87. The van der Waals surface area contributed by atoms with Gasteiger partial charge in [0.15, 0.2) is 5.78 Å². The second kappa shape index (κ2) is 11.7. The molecule has 0 bridgehead atoms. The van der Waals surface area contributed by atoms with Crippen molar-refractivity contribution in [1.29, 1.82) is 0 Å². The number of ether oxygens (including phenoxy) is 2. The van der Waals surface area contributed by atoms with E-state index < -0.39 is 24.4 Å². The third-order valence-corrected chi connectivity index (χ3v) is 4.98. The molecular weight excluding hydrogens is 463 g/mol. The van der Waals surface area contributed by atoms with Crippen LogP contribution in [0.3, 0.4) is 0 Å². The van der Waals surface area contributed by atoms with Crippen LogP contribution in [0.4, 0.5) is 4.39 Å². The van der Waals surface area contributed by atoms with Gasteiger partial charge in [-0.15, -0.1) is 0 Å². The topological polar surface area (TPSA) is 89.9 Å². The number of ketones is 1. The Kier molecular flexibility index (Phi) is 8.43. The van der Waals surface area contributed by atoms with Crippen LogP contribution in [0.25, 0.3) is 17.2 Å². The largest absolute Gasteiger partial charge is 0.423 e. The molecule has 0 aliphatic carbocycles. The Bertz CT molecular complexity index is 1350. The van der Waals surface area contributed by atoms with Gasteiger partial charge in [-0.1, -0.05) is 55.6 Å². The quantitative estimate of drug-likeness (QED) is 0.190. The lowest BCUT2D eigenvalue weighted by Gasteiger charge is -2.08. The van der Waals surface area contributed by atoms with Gasteiger partial charge in [0, 0.05) is 22.8 Å². The van der Waals surface area contributed by atoms with Gasteiger partial charge in [0.2, 0.25) is 0 Å². The highest BCUT2D eigenvalue weighted by Gasteiger charge is 2.12. The number of aliphatic hydroxyl groups excluding tert-OH is 1. The summed E-state index contributed by atoms with van der Waals surface area (Å²) in [6, 6.07) is 17.0. The molecule has 0 unspecified atom stereocenters. The molecule has 6 nitrogen and oxygen atoms in total. The van der Waals surface area contributed by atoms with Gasteiger partial charge in [-0.25, -0.2) is 14.0 Å². The van der Waals surface area contributed by atoms with Crippen LogP contribution in [0.1, 0.15) is 22.8 Å². The van der Waals surface area contributed by atoms with E-state index >= 15 is 0 Å². The molecule has 0 atom stereocenters.